The maximum absolute atomic E-state index is 11.9. The van der Waals surface area contributed by atoms with Crippen molar-refractivity contribution in [2.24, 2.45) is 11.8 Å². The van der Waals surface area contributed by atoms with Crippen LogP contribution >= 0.6 is 0 Å². The van der Waals surface area contributed by atoms with Crippen molar-refractivity contribution >= 4 is 5.97 Å². The molecule has 0 spiro atoms. The first-order chi connectivity index (χ1) is 11.3. The highest BCUT2D eigenvalue weighted by Gasteiger charge is 2.44. The molecule has 1 heterocycles. The van der Waals surface area contributed by atoms with Gasteiger partial charge in [-0.2, -0.15) is 0 Å². The molecule has 2 rings (SSSR count). The minimum absolute atomic E-state index is 0.0206. The van der Waals surface area contributed by atoms with Crippen LogP contribution in [0.3, 0.4) is 0 Å². The zero-order valence-corrected chi connectivity index (χ0v) is 14.8. The number of aliphatic hydroxyl groups excluding tert-OH is 2. The van der Waals surface area contributed by atoms with Gasteiger partial charge in [-0.05, 0) is 56.9 Å². The molecule has 0 amide bonds. The molecule has 1 saturated heterocycles. The fourth-order valence-electron chi connectivity index (χ4n) is 3.59. The topological polar surface area (TPSA) is 66.8 Å². The Kier molecular flexibility index (Phi) is 6.41. The summed E-state index contributed by atoms with van der Waals surface area (Å²) in [5.41, 5.74) is 2.43. The largest absolute Gasteiger partial charge is 0.456 e. The molecule has 0 saturated carbocycles. The summed E-state index contributed by atoms with van der Waals surface area (Å²) in [5, 5.41) is 21.1. The van der Waals surface area contributed by atoms with Crippen LogP contribution in [0.15, 0.2) is 36.0 Å². The molecule has 0 aromatic heterocycles. The van der Waals surface area contributed by atoms with Crippen LogP contribution in [0, 0.1) is 11.8 Å². The van der Waals surface area contributed by atoms with Gasteiger partial charge in [0, 0.05) is 11.5 Å². The van der Waals surface area contributed by atoms with Gasteiger partial charge in [0.1, 0.15) is 6.10 Å². The number of allylic oxidation sites excluding steroid dienone is 2. The summed E-state index contributed by atoms with van der Waals surface area (Å²) in [5.74, 6) is -0.801. The number of aliphatic hydroxyl groups is 2. The molecule has 0 aromatic carbocycles. The quantitative estimate of drug-likeness (QED) is 0.405. The zero-order valence-electron chi connectivity index (χ0n) is 14.8. The number of hydrogen-bond acceptors (Lipinski definition) is 4. The molecule has 4 heteroatoms. The molecule has 5 atom stereocenters. The molecule has 1 aliphatic heterocycles. The van der Waals surface area contributed by atoms with Gasteiger partial charge in [0.15, 0.2) is 0 Å². The van der Waals surface area contributed by atoms with E-state index in [0.29, 0.717) is 12.0 Å². The molecular weight excluding hydrogens is 304 g/mol. The summed E-state index contributed by atoms with van der Waals surface area (Å²) in [6.07, 6.45) is 4.88. The molecular formula is C20H30O4. The van der Waals surface area contributed by atoms with Crippen molar-refractivity contribution in [2.45, 2.75) is 70.7 Å². The van der Waals surface area contributed by atoms with Crippen molar-refractivity contribution in [3.63, 3.8) is 0 Å². The van der Waals surface area contributed by atoms with E-state index in [1.54, 1.807) is 0 Å². The lowest BCUT2D eigenvalue weighted by molar-refractivity contribution is -0.146. The Morgan fingerprint density at radius 3 is 2.67 bits per heavy atom. The molecule has 1 fully saturated rings. The van der Waals surface area contributed by atoms with E-state index in [4.69, 9.17) is 4.74 Å². The Labute approximate surface area is 144 Å². The van der Waals surface area contributed by atoms with Gasteiger partial charge in [-0.3, -0.25) is 0 Å². The number of rotatable bonds is 0. The lowest BCUT2D eigenvalue weighted by Crippen LogP contribution is -2.38. The lowest BCUT2D eigenvalue weighted by Gasteiger charge is -2.29. The standard InChI is InChI=1S/C20H30O4/c1-12-7-5-9-13(2)17(21)11-16-15(4)20(23)24-19(16)18(22)14(3)10-6-8-12/h7,14,16-19,21-22H,2,4-6,8-11H2,1,3H3/t14-,16-,17+,18+,19+/m0/s1. The Hall–Kier alpha value is -1.39. The van der Waals surface area contributed by atoms with Gasteiger partial charge in [0.2, 0.25) is 0 Å². The fourth-order valence-corrected chi connectivity index (χ4v) is 3.59. The van der Waals surface area contributed by atoms with E-state index in [9.17, 15) is 15.0 Å². The van der Waals surface area contributed by atoms with Crippen LogP contribution in [0.25, 0.3) is 0 Å². The third kappa shape index (κ3) is 4.37. The molecule has 0 aromatic rings. The fraction of sp³-hybridized carbons (Fsp3) is 0.650. The molecule has 0 radical (unpaired) electrons. The number of ether oxygens (including phenoxy) is 1. The average Bonchev–Trinajstić information content (AvgIpc) is 2.81. The van der Waals surface area contributed by atoms with Crippen LogP contribution < -0.4 is 0 Å². The minimum Gasteiger partial charge on any atom is -0.456 e. The van der Waals surface area contributed by atoms with Crippen LogP contribution in [-0.4, -0.2) is 34.5 Å². The Bertz CT molecular complexity index is 534. The van der Waals surface area contributed by atoms with Crippen LogP contribution in [0.5, 0.6) is 0 Å². The minimum atomic E-state index is -0.745. The molecule has 0 unspecified atom stereocenters. The highest BCUT2D eigenvalue weighted by molar-refractivity contribution is 5.90. The molecule has 24 heavy (non-hydrogen) atoms. The third-order valence-electron chi connectivity index (χ3n) is 5.41. The van der Waals surface area contributed by atoms with Gasteiger partial charge in [-0.25, -0.2) is 4.79 Å². The van der Waals surface area contributed by atoms with Gasteiger partial charge in [0.05, 0.1) is 12.2 Å². The number of fused-ring (bicyclic) bond motifs is 1. The maximum atomic E-state index is 11.9. The normalized spacial score (nSPS) is 36.6. The van der Waals surface area contributed by atoms with Crippen molar-refractivity contribution in [1.29, 1.82) is 0 Å². The monoisotopic (exact) mass is 334 g/mol. The average molecular weight is 334 g/mol. The van der Waals surface area contributed by atoms with E-state index in [-0.39, 0.29) is 11.8 Å². The number of esters is 1. The third-order valence-corrected chi connectivity index (χ3v) is 5.41. The van der Waals surface area contributed by atoms with Crippen LogP contribution in [0.4, 0.5) is 0 Å². The summed E-state index contributed by atoms with van der Waals surface area (Å²) < 4.78 is 5.38. The van der Waals surface area contributed by atoms with Gasteiger partial charge in [-0.15, -0.1) is 0 Å². The van der Waals surface area contributed by atoms with E-state index >= 15 is 0 Å². The first-order valence-corrected chi connectivity index (χ1v) is 8.90. The summed E-state index contributed by atoms with van der Waals surface area (Å²) in [6, 6.07) is 0. The predicted molar refractivity (Wildman–Crippen MR) is 94.3 cm³/mol. The van der Waals surface area contributed by atoms with Crippen molar-refractivity contribution in [3.05, 3.63) is 36.0 Å². The first kappa shape index (κ1) is 18.9. The van der Waals surface area contributed by atoms with E-state index < -0.39 is 24.3 Å². The van der Waals surface area contributed by atoms with E-state index in [0.717, 1.165) is 37.7 Å². The number of hydrogen-bond donors (Lipinski definition) is 2. The van der Waals surface area contributed by atoms with Crippen molar-refractivity contribution in [2.75, 3.05) is 0 Å². The summed E-state index contributed by atoms with van der Waals surface area (Å²) in [4.78, 5) is 11.9. The number of carbonyl (C=O) groups excluding carboxylic acids is 1. The van der Waals surface area contributed by atoms with Gasteiger partial charge < -0.3 is 14.9 Å². The van der Waals surface area contributed by atoms with Gasteiger partial charge in [0.25, 0.3) is 0 Å². The van der Waals surface area contributed by atoms with E-state index in [1.165, 1.54) is 5.57 Å². The SMILES string of the molecule is C=C1CCC=C(C)CCC[C@H](C)[C@@H](O)[C@@H]2OC(=O)C(=C)[C@@H]2C[C@H]1O. The van der Waals surface area contributed by atoms with Gasteiger partial charge in [-0.1, -0.05) is 31.7 Å². The highest BCUT2D eigenvalue weighted by Crippen LogP contribution is 2.36. The van der Waals surface area contributed by atoms with Crippen LogP contribution in [-0.2, 0) is 9.53 Å². The van der Waals surface area contributed by atoms with E-state index in [1.807, 2.05) is 6.92 Å². The smallest absolute Gasteiger partial charge is 0.334 e. The highest BCUT2D eigenvalue weighted by atomic mass is 16.6. The lowest BCUT2D eigenvalue weighted by atomic mass is 9.82. The second kappa shape index (κ2) is 8.13. The maximum Gasteiger partial charge on any atom is 0.334 e. The van der Waals surface area contributed by atoms with Crippen molar-refractivity contribution in [1.82, 2.24) is 0 Å². The number of carbonyl (C=O) groups is 1. The van der Waals surface area contributed by atoms with Crippen LogP contribution in [0.2, 0.25) is 0 Å². The Morgan fingerprint density at radius 2 is 1.96 bits per heavy atom. The predicted octanol–water partition coefficient (Wildman–Crippen LogP) is 3.30. The van der Waals surface area contributed by atoms with Crippen molar-refractivity contribution < 1.29 is 19.7 Å². The Balaban J connectivity index is 2.22. The molecule has 2 aliphatic rings. The van der Waals surface area contributed by atoms with Gasteiger partial charge >= 0.3 is 5.97 Å². The van der Waals surface area contributed by atoms with Crippen LogP contribution in [0.1, 0.15) is 52.4 Å². The second-order valence-electron chi connectivity index (χ2n) is 7.36. The van der Waals surface area contributed by atoms with Crippen molar-refractivity contribution in [3.8, 4) is 0 Å². The molecule has 1 aliphatic carbocycles. The first-order valence-electron chi connectivity index (χ1n) is 8.90. The Morgan fingerprint density at radius 1 is 1.25 bits per heavy atom. The zero-order chi connectivity index (χ0) is 17.9. The second-order valence-corrected chi connectivity index (χ2v) is 7.36. The molecule has 4 nitrogen and oxygen atoms in total. The molecule has 0 bridgehead atoms. The summed E-state index contributed by atoms with van der Waals surface area (Å²) in [7, 11) is 0. The van der Waals surface area contributed by atoms with E-state index in [2.05, 4.69) is 26.2 Å². The summed E-state index contributed by atoms with van der Waals surface area (Å²) in [6.45, 7) is 11.9. The molecule has 2 N–H and O–H groups in total. The molecule has 134 valence electrons. The summed E-state index contributed by atoms with van der Waals surface area (Å²) >= 11 is 0.